The van der Waals surface area contributed by atoms with Crippen LogP contribution >= 0.6 is 0 Å². The summed E-state index contributed by atoms with van der Waals surface area (Å²) in [7, 11) is -7.09. The van der Waals surface area contributed by atoms with Crippen LogP contribution in [0.5, 0.6) is 0 Å². The molecule has 3 rings (SSSR count). The summed E-state index contributed by atoms with van der Waals surface area (Å²) in [6.45, 7) is 1.05. The molecule has 33 heavy (non-hydrogen) atoms. The molecule has 0 fully saturated rings. The Kier molecular flexibility index (Phi) is 5.75. The van der Waals surface area contributed by atoms with Crippen LogP contribution in [-0.4, -0.2) is 37.4 Å². The van der Waals surface area contributed by atoms with Gasteiger partial charge in [-0.1, -0.05) is 47.6 Å². The monoisotopic (exact) mass is 505 g/mol. The highest BCUT2D eigenvalue weighted by Gasteiger charge is 2.86. The van der Waals surface area contributed by atoms with Gasteiger partial charge in [0.1, 0.15) is 0 Å². The van der Waals surface area contributed by atoms with Crippen LogP contribution in [0.15, 0.2) is 47.6 Å². The van der Waals surface area contributed by atoms with Crippen LogP contribution in [0.3, 0.4) is 0 Å². The summed E-state index contributed by atoms with van der Waals surface area (Å²) in [6, 6.07) is 11.5. The molecule has 0 unspecified atom stereocenters. The Morgan fingerprint density at radius 1 is 0.848 bits per heavy atom. The molecule has 0 heterocycles. The number of fused-ring (bicyclic) bond motifs is 3. The number of hydrogen-bond donors (Lipinski definition) is 0. The molecule has 0 atom stereocenters. The van der Waals surface area contributed by atoms with Crippen LogP contribution in [0, 0.1) is 0 Å². The zero-order valence-corrected chi connectivity index (χ0v) is 17.0. The third kappa shape index (κ3) is 3.73. The standard InChI is InChI=1S/C19H12F9NO3S/c1-10(13-8-4-6-12-9-11-5-2-3-7-14(11)15(12)13)29-32-33(30,31)19(27,28)17(22,23)16(20,21)18(24,25)26/h2-8H,9H2,1H3/b29-10+. The molecule has 14 heteroatoms. The maximum Gasteiger partial charge on any atom is 0.460 e. The van der Waals surface area contributed by atoms with Gasteiger partial charge in [0, 0.05) is 5.56 Å². The van der Waals surface area contributed by atoms with Gasteiger partial charge in [0.05, 0.1) is 5.71 Å². The van der Waals surface area contributed by atoms with Crippen molar-refractivity contribution in [3.05, 3.63) is 59.2 Å². The van der Waals surface area contributed by atoms with E-state index in [-0.39, 0.29) is 5.56 Å². The van der Waals surface area contributed by atoms with E-state index in [0.29, 0.717) is 17.5 Å². The molecule has 0 saturated heterocycles. The van der Waals surface area contributed by atoms with Gasteiger partial charge in [0.25, 0.3) is 0 Å². The van der Waals surface area contributed by atoms with Gasteiger partial charge in [-0.15, -0.1) is 0 Å². The molecule has 0 N–H and O–H groups in total. The van der Waals surface area contributed by atoms with E-state index in [1.807, 2.05) is 0 Å². The largest absolute Gasteiger partial charge is 0.460 e. The summed E-state index contributed by atoms with van der Waals surface area (Å²) < 4.78 is 144. The predicted octanol–water partition coefficient (Wildman–Crippen LogP) is 5.75. The number of benzene rings is 2. The van der Waals surface area contributed by atoms with Crippen molar-refractivity contribution >= 4 is 15.8 Å². The van der Waals surface area contributed by atoms with E-state index >= 15 is 0 Å². The van der Waals surface area contributed by atoms with Crippen molar-refractivity contribution in [3.63, 3.8) is 0 Å². The Bertz CT molecular complexity index is 1220. The third-order valence-corrected chi connectivity index (χ3v) is 6.07. The Hall–Kier alpha value is -2.77. The number of oxime groups is 1. The molecule has 0 aromatic heterocycles. The SMILES string of the molecule is C/C(=N\OS(=O)(=O)C(F)(F)C(F)(F)C(F)(F)C(F)(F)F)c1cccc2c1-c1ccccc1C2. The fraction of sp³-hybridized carbons (Fsp3) is 0.316. The van der Waals surface area contributed by atoms with Gasteiger partial charge in [-0.2, -0.15) is 47.9 Å². The van der Waals surface area contributed by atoms with Gasteiger partial charge in [0.2, 0.25) is 0 Å². The number of rotatable bonds is 6. The fourth-order valence-electron chi connectivity index (χ4n) is 3.21. The first-order valence-electron chi connectivity index (χ1n) is 8.84. The number of hydrogen-bond acceptors (Lipinski definition) is 4. The predicted molar refractivity (Wildman–Crippen MR) is 97.8 cm³/mol. The minimum atomic E-state index is -7.40. The number of alkyl halides is 9. The van der Waals surface area contributed by atoms with Crippen molar-refractivity contribution in [1.29, 1.82) is 0 Å². The number of halogens is 9. The second-order valence-corrected chi connectivity index (χ2v) is 8.61. The quantitative estimate of drug-likeness (QED) is 0.244. The Balaban J connectivity index is 1.97. The van der Waals surface area contributed by atoms with E-state index in [0.717, 1.165) is 18.1 Å². The fourth-order valence-corrected chi connectivity index (χ4v) is 3.95. The lowest BCUT2D eigenvalue weighted by Crippen LogP contribution is -2.63. The Labute approximate surface area is 180 Å². The van der Waals surface area contributed by atoms with Crippen molar-refractivity contribution in [1.82, 2.24) is 0 Å². The van der Waals surface area contributed by atoms with Crippen molar-refractivity contribution in [2.24, 2.45) is 5.16 Å². The average Bonchev–Trinajstić information content (AvgIpc) is 3.09. The van der Waals surface area contributed by atoms with Crippen LogP contribution < -0.4 is 0 Å². The molecule has 0 bridgehead atoms. The van der Waals surface area contributed by atoms with Gasteiger partial charge in [-0.25, -0.2) is 0 Å². The smallest absolute Gasteiger partial charge is 0.264 e. The average molecular weight is 505 g/mol. The lowest BCUT2D eigenvalue weighted by atomic mass is 9.97. The molecule has 0 saturated carbocycles. The Morgan fingerprint density at radius 2 is 1.42 bits per heavy atom. The third-order valence-electron chi connectivity index (χ3n) is 4.91. The van der Waals surface area contributed by atoms with Crippen LogP contribution in [0.1, 0.15) is 23.6 Å². The summed E-state index contributed by atoms with van der Waals surface area (Å²) in [4.78, 5) is 0. The lowest BCUT2D eigenvalue weighted by molar-refractivity contribution is -0.382. The van der Waals surface area contributed by atoms with Crippen molar-refractivity contribution in [2.45, 2.75) is 36.6 Å². The first-order chi connectivity index (χ1) is 15.0. The van der Waals surface area contributed by atoms with E-state index < -0.39 is 39.1 Å². The second kappa shape index (κ2) is 7.64. The molecule has 0 radical (unpaired) electrons. The van der Waals surface area contributed by atoms with E-state index in [4.69, 9.17) is 0 Å². The Morgan fingerprint density at radius 3 is 2.03 bits per heavy atom. The molecule has 4 nitrogen and oxygen atoms in total. The molecular weight excluding hydrogens is 493 g/mol. The number of nitrogens with zero attached hydrogens (tertiary/aromatic N) is 1. The highest BCUT2D eigenvalue weighted by Crippen LogP contribution is 2.55. The summed E-state index contributed by atoms with van der Waals surface area (Å²) in [6.07, 6.45) is -6.71. The summed E-state index contributed by atoms with van der Waals surface area (Å²) >= 11 is 0. The summed E-state index contributed by atoms with van der Waals surface area (Å²) in [5.74, 6) is -14.8. The van der Waals surface area contributed by atoms with E-state index in [9.17, 15) is 47.9 Å². The lowest BCUT2D eigenvalue weighted by Gasteiger charge is -2.31. The summed E-state index contributed by atoms with van der Waals surface area (Å²) in [5, 5.41) is -4.15. The van der Waals surface area contributed by atoms with E-state index in [1.165, 1.54) is 12.1 Å². The van der Waals surface area contributed by atoms with Crippen LogP contribution in [0.25, 0.3) is 11.1 Å². The van der Waals surface area contributed by atoms with Crippen LogP contribution in [-0.2, 0) is 20.8 Å². The van der Waals surface area contributed by atoms with Crippen LogP contribution in [0.2, 0.25) is 0 Å². The van der Waals surface area contributed by atoms with Crippen LogP contribution in [0.4, 0.5) is 39.5 Å². The van der Waals surface area contributed by atoms with Gasteiger partial charge < -0.3 is 0 Å². The van der Waals surface area contributed by atoms with Gasteiger partial charge in [-0.3, -0.25) is 4.28 Å². The van der Waals surface area contributed by atoms with Gasteiger partial charge in [0.15, 0.2) is 0 Å². The van der Waals surface area contributed by atoms with E-state index in [2.05, 4.69) is 9.44 Å². The molecule has 2 aromatic carbocycles. The molecule has 0 spiro atoms. The second-order valence-electron chi connectivity index (χ2n) is 7.04. The molecule has 0 aliphatic heterocycles. The maximum atomic E-state index is 13.8. The van der Waals surface area contributed by atoms with Crippen molar-refractivity contribution < 1.29 is 52.2 Å². The first kappa shape index (κ1) is 24.9. The molecule has 0 amide bonds. The molecule has 180 valence electrons. The van der Waals surface area contributed by atoms with Crippen molar-refractivity contribution in [2.75, 3.05) is 0 Å². The highest BCUT2D eigenvalue weighted by atomic mass is 32.2. The minimum Gasteiger partial charge on any atom is -0.264 e. The van der Waals surface area contributed by atoms with Gasteiger partial charge >= 0.3 is 33.4 Å². The molecule has 1 aliphatic rings. The normalized spacial score (nSPS) is 15.3. The van der Waals surface area contributed by atoms with Gasteiger partial charge in [-0.05, 0) is 35.6 Å². The molecule has 2 aromatic rings. The zero-order chi connectivity index (χ0) is 25.0. The minimum absolute atomic E-state index is 0.142. The topological polar surface area (TPSA) is 55.7 Å². The molecular formula is C19H12F9NO3S. The highest BCUT2D eigenvalue weighted by molar-refractivity contribution is 7.87. The first-order valence-corrected chi connectivity index (χ1v) is 10.2. The maximum absolute atomic E-state index is 13.8. The zero-order valence-electron chi connectivity index (χ0n) is 16.2. The molecule has 1 aliphatic carbocycles. The van der Waals surface area contributed by atoms with E-state index in [1.54, 1.807) is 30.3 Å². The van der Waals surface area contributed by atoms with Crippen molar-refractivity contribution in [3.8, 4) is 11.1 Å². The summed E-state index contributed by atoms with van der Waals surface area (Å²) in [5.41, 5.74) is 2.49.